The Morgan fingerprint density at radius 1 is 1.38 bits per heavy atom. The number of rotatable bonds is 4. The van der Waals surface area contributed by atoms with Gasteiger partial charge >= 0.3 is 6.03 Å². The topological polar surface area (TPSA) is 91.4 Å². The van der Waals surface area contributed by atoms with E-state index in [1.54, 1.807) is 0 Å². The van der Waals surface area contributed by atoms with Crippen LogP contribution in [0.3, 0.4) is 0 Å². The van der Waals surface area contributed by atoms with E-state index >= 15 is 0 Å². The number of carbonyl (C=O) groups excluding carboxylic acids is 3. The van der Waals surface area contributed by atoms with Gasteiger partial charge in [0.15, 0.2) is 5.13 Å². The second-order valence-corrected chi connectivity index (χ2v) is 8.79. The van der Waals surface area contributed by atoms with Gasteiger partial charge in [0, 0.05) is 17.8 Å². The van der Waals surface area contributed by atoms with Crippen LogP contribution in [-0.4, -0.2) is 39.8 Å². The molecular weight excluding hydrogens is 352 g/mol. The molecule has 1 aromatic rings. The SMILES string of the molecule is CC1CCc2nc(NC(=O)CCN3C(=O)NC4(CCCC4)C3=O)sc2C1. The van der Waals surface area contributed by atoms with Crippen molar-refractivity contribution < 1.29 is 14.4 Å². The van der Waals surface area contributed by atoms with Crippen molar-refractivity contribution in [3.05, 3.63) is 10.6 Å². The quantitative estimate of drug-likeness (QED) is 0.790. The normalized spacial score (nSPS) is 24.0. The third kappa shape index (κ3) is 3.11. The second kappa shape index (κ2) is 6.64. The zero-order chi connectivity index (χ0) is 18.3. The maximum Gasteiger partial charge on any atom is 0.325 e. The lowest BCUT2D eigenvalue weighted by Gasteiger charge is -2.19. The van der Waals surface area contributed by atoms with Gasteiger partial charge in [-0.3, -0.25) is 14.5 Å². The predicted octanol–water partition coefficient (Wildman–Crippen LogP) is 2.46. The van der Waals surface area contributed by atoms with E-state index < -0.39 is 5.54 Å². The zero-order valence-corrected chi connectivity index (χ0v) is 15.8. The number of thiazole rings is 1. The van der Waals surface area contributed by atoms with Gasteiger partial charge in [-0.25, -0.2) is 9.78 Å². The van der Waals surface area contributed by atoms with Gasteiger partial charge in [-0.05, 0) is 38.0 Å². The average Bonchev–Trinajstić information content (AvgIpc) is 3.26. The van der Waals surface area contributed by atoms with Crippen LogP contribution in [0.1, 0.15) is 56.0 Å². The molecule has 1 saturated heterocycles. The molecule has 2 aliphatic carbocycles. The van der Waals surface area contributed by atoms with Crippen molar-refractivity contribution in [3.63, 3.8) is 0 Å². The van der Waals surface area contributed by atoms with Crippen molar-refractivity contribution in [3.8, 4) is 0 Å². The maximum atomic E-state index is 12.6. The van der Waals surface area contributed by atoms with Gasteiger partial charge in [0.25, 0.3) is 5.91 Å². The number of nitrogens with zero attached hydrogens (tertiary/aromatic N) is 2. The molecular formula is C18H24N4O3S. The van der Waals surface area contributed by atoms with Crippen LogP contribution in [0.25, 0.3) is 0 Å². The van der Waals surface area contributed by atoms with E-state index in [0.29, 0.717) is 23.9 Å². The van der Waals surface area contributed by atoms with E-state index in [1.165, 1.54) is 21.1 Å². The molecule has 2 N–H and O–H groups in total. The monoisotopic (exact) mass is 376 g/mol. The molecule has 1 spiro atoms. The van der Waals surface area contributed by atoms with Gasteiger partial charge in [0.2, 0.25) is 5.91 Å². The van der Waals surface area contributed by atoms with Crippen molar-refractivity contribution in [2.24, 2.45) is 5.92 Å². The molecule has 4 rings (SSSR count). The fourth-order valence-corrected chi connectivity index (χ4v) is 5.37. The number of carbonyl (C=O) groups is 3. The van der Waals surface area contributed by atoms with E-state index in [2.05, 4.69) is 22.5 Å². The Bertz CT molecular complexity index is 754. The fourth-order valence-electron chi connectivity index (χ4n) is 4.19. The molecule has 1 aromatic heterocycles. The van der Waals surface area contributed by atoms with Gasteiger partial charge in [0.05, 0.1) is 5.69 Å². The predicted molar refractivity (Wildman–Crippen MR) is 98.0 cm³/mol. The van der Waals surface area contributed by atoms with E-state index in [4.69, 9.17) is 0 Å². The molecule has 26 heavy (non-hydrogen) atoms. The summed E-state index contributed by atoms with van der Waals surface area (Å²) in [6.45, 7) is 2.34. The molecule has 7 nitrogen and oxygen atoms in total. The van der Waals surface area contributed by atoms with Gasteiger partial charge < -0.3 is 10.6 Å². The third-order valence-electron chi connectivity index (χ3n) is 5.70. The van der Waals surface area contributed by atoms with Crippen molar-refractivity contribution >= 4 is 34.3 Å². The van der Waals surface area contributed by atoms with Gasteiger partial charge in [0.1, 0.15) is 5.54 Å². The molecule has 1 saturated carbocycles. The summed E-state index contributed by atoms with van der Waals surface area (Å²) < 4.78 is 0. The molecule has 4 amide bonds. The van der Waals surface area contributed by atoms with Crippen molar-refractivity contribution in [2.45, 2.75) is 63.8 Å². The fraction of sp³-hybridized carbons (Fsp3) is 0.667. The van der Waals surface area contributed by atoms with E-state index in [0.717, 1.165) is 37.8 Å². The molecule has 2 fully saturated rings. The lowest BCUT2D eigenvalue weighted by atomic mass is 9.93. The smallest absolute Gasteiger partial charge is 0.323 e. The first-order valence-corrected chi connectivity index (χ1v) is 10.2. The largest absolute Gasteiger partial charge is 0.325 e. The van der Waals surface area contributed by atoms with Crippen LogP contribution in [0.2, 0.25) is 0 Å². The Labute approximate surface area is 156 Å². The highest BCUT2D eigenvalue weighted by Gasteiger charge is 2.52. The van der Waals surface area contributed by atoms with Gasteiger partial charge in [-0.2, -0.15) is 0 Å². The van der Waals surface area contributed by atoms with Gasteiger partial charge in [-0.1, -0.05) is 19.8 Å². The highest BCUT2D eigenvalue weighted by molar-refractivity contribution is 7.15. The van der Waals surface area contributed by atoms with Crippen LogP contribution in [-0.2, 0) is 22.4 Å². The van der Waals surface area contributed by atoms with Gasteiger partial charge in [-0.15, -0.1) is 11.3 Å². The third-order valence-corrected chi connectivity index (χ3v) is 6.73. The Morgan fingerprint density at radius 2 is 2.15 bits per heavy atom. The van der Waals surface area contributed by atoms with Crippen LogP contribution in [0.15, 0.2) is 0 Å². The van der Waals surface area contributed by atoms with Crippen molar-refractivity contribution in [1.82, 2.24) is 15.2 Å². The highest BCUT2D eigenvalue weighted by Crippen LogP contribution is 2.35. The first-order chi connectivity index (χ1) is 12.5. The minimum atomic E-state index is -0.710. The Morgan fingerprint density at radius 3 is 2.92 bits per heavy atom. The van der Waals surface area contributed by atoms with E-state index in [9.17, 15) is 14.4 Å². The number of hydrogen-bond acceptors (Lipinski definition) is 5. The van der Waals surface area contributed by atoms with E-state index in [1.807, 2.05) is 0 Å². The average molecular weight is 376 g/mol. The van der Waals surface area contributed by atoms with E-state index in [-0.39, 0.29) is 30.8 Å². The number of amides is 4. The first kappa shape index (κ1) is 17.5. The molecule has 0 aromatic carbocycles. The van der Waals surface area contributed by atoms with Crippen LogP contribution in [0.5, 0.6) is 0 Å². The minimum absolute atomic E-state index is 0.0931. The van der Waals surface area contributed by atoms with Crippen LogP contribution in [0.4, 0.5) is 9.93 Å². The van der Waals surface area contributed by atoms with Crippen LogP contribution < -0.4 is 10.6 Å². The summed E-state index contributed by atoms with van der Waals surface area (Å²) >= 11 is 1.54. The molecule has 3 aliphatic rings. The summed E-state index contributed by atoms with van der Waals surface area (Å²) in [5.74, 6) is 0.276. The zero-order valence-electron chi connectivity index (χ0n) is 15.0. The molecule has 0 bridgehead atoms. The van der Waals surface area contributed by atoms with Crippen molar-refractivity contribution in [2.75, 3.05) is 11.9 Å². The molecule has 2 heterocycles. The molecule has 8 heteroatoms. The summed E-state index contributed by atoms with van der Waals surface area (Å²) in [6, 6.07) is -0.372. The first-order valence-electron chi connectivity index (χ1n) is 9.39. The summed E-state index contributed by atoms with van der Waals surface area (Å²) in [6.07, 6.45) is 6.52. The number of imide groups is 1. The Hall–Kier alpha value is -1.96. The number of fused-ring (bicyclic) bond motifs is 1. The minimum Gasteiger partial charge on any atom is -0.323 e. The number of aryl methyl sites for hydroxylation is 1. The lowest BCUT2D eigenvalue weighted by molar-refractivity contribution is -0.131. The molecule has 140 valence electrons. The van der Waals surface area contributed by atoms with Crippen LogP contribution >= 0.6 is 11.3 Å². The number of hydrogen-bond donors (Lipinski definition) is 2. The standard InChI is InChI=1S/C18H24N4O3S/c1-11-4-5-12-13(10-11)26-16(19-12)20-14(23)6-9-22-15(24)18(21-17(22)25)7-2-3-8-18/h11H,2-10H2,1H3,(H,21,25)(H,19,20,23). The summed E-state index contributed by atoms with van der Waals surface area (Å²) in [4.78, 5) is 43.9. The number of urea groups is 1. The van der Waals surface area contributed by atoms with Crippen molar-refractivity contribution in [1.29, 1.82) is 0 Å². The number of nitrogens with one attached hydrogen (secondary N) is 2. The molecule has 1 atom stereocenters. The summed E-state index contributed by atoms with van der Waals surface area (Å²) in [5, 5.41) is 6.29. The summed E-state index contributed by atoms with van der Waals surface area (Å²) in [7, 11) is 0. The second-order valence-electron chi connectivity index (χ2n) is 7.71. The number of aromatic nitrogens is 1. The lowest BCUT2D eigenvalue weighted by Crippen LogP contribution is -2.44. The Kier molecular flexibility index (Phi) is 4.46. The summed E-state index contributed by atoms with van der Waals surface area (Å²) in [5.41, 5.74) is 0.388. The highest BCUT2D eigenvalue weighted by atomic mass is 32.1. The van der Waals surface area contributed by atoms with Crippen LogP contribution in [0, 0.1) is 5.92 Å². The maximum absolute atomic E-state index is 12.6. The molecule has 0 radical (unpaired) electrons. The molecule has 1 unspecified atom stereocenters. The number of anilines is 1. The molecule has 1 aliphatic heterocycles. The Balaban J connectivity index is 1.33.